The lowest BCUT2D eigenvalue weighted by molar-refractivity contribution is 0.172. The van der Waals surface area contributed by atoms with E-state index in [1.54, 1.807) is 7.11 Å². The van der Waals surface area contributed by atoms with Gasteiger partial charge in [-0.2, -0.15) is 0 Å². The zero-order chi connectivity index (χ0) is 12.1. The van der Waals surface area contributed by atoms with E-state index in [0.29, 0.717) is 5.54 Å². The first kappa shape index (κ1) is 13.3. The van der Waals surface area contributed by atoms with Crippen molar-refractivity contribution in [2.45, 2.75) is 44.6 Å². The van der Waals surface area contributed by atoms with Crippen molar-refractivity contribution in [2.24, 2.45) is 5.92 Å². The number of nitrogens with one attached hydrogen (secondary N) is 1. The molecule has 17 heavy (non-hydrogen) atoms. The molecule has 1 heterocycles. The van der Waals surface area contributed by atoms with Gasteiger partial charge in [0.25, 0.3) is 0 Å². The second kappa shape index (κ2) is 6.17. The van der Waals surface area contributed by atoms with Crippen LogP contribution in [0.2, 0.25) is 0 Å². The van der Waals surface area contributed by atoms with Gasteiger partial charge in [-0.25, -0.2) is 0 Å². The third kappa shape index (κ3) is 3.94. The van der Waals surface area contributed by atoms with E-state index in [-0.39, 0.29) is 0 Å². The summed E-state index contributed by atoms with van der Waals surface area (Å²) in [4.78, 5) is 2.66. The number of methoxy groups -OCH3 is 1. The van der Waals surface area contributed by atoms with Crippen LogP contribution in [0.15, 0.2) is 0 Å². The van der Waals surface area contributed by atoms with Gasteiger partial charge in [-0.3, -0.25) is 0 Å². The molecule has 2 rings (SSSR count). The van der Waals surface area contributed by atoms with Crippen molar-refractivity contribution >= 4 is 0 Å². The Hall–Kier alpha value is -0.120. The monoisotopic (exact) mass is 240 g/mol. The fourth-order valence-electron chi connectivity index (χ4n) is 3.04. The molecule has 0 spiro atoms. The van der Waals surface area contributed by atoms with Crippen molar-refractivity contribution in [3.8, 4) is 0 Å². The molecular weight excluding hydrogens is 212 g/mol. The Morgan fingerprint density at radius 3 is 2.88 bits per heavy atom. The number of hydrogen-bond donors (Lipinski definition) is 1. The summed E-state index contributed by atoms with van der Waals surface area (Å²) >= 11 is 0. The quantitative estimate of drug-likeness (QED) is 0.717. The first-order chi connectivity index (χ1) is 8.24. The van der Waals surface area contributed by atoms with Gasteiger partial charge in [-0.05, 0) is 64.6 Å². The van der Waals surface area contributed by atoms with Crippen molar-refractivity contribution < 1.29 is 4.74 Å². The number of unbranched alkanes of at least 4 members (excludes halogenated alkanes) is 1. The minimum absolute atomic E-state index is 0.387. The van der Waals surface area contributed by atoms with Gasteiger partial charge < -0.3 is 15.0 Å². The molecular formula is C14H28N2O. The van der Waals surface area contributed by atoms with E-state index >= 15 is 0 Å². The van der Waals surface area contributed by atoms with Gasteiger partial charge in [0, 0.05) is 25.8 Å². The van der Waals surface area contributed by atoms with Crippen LogP contribution in [0.5, 0.6) is 0 Å². The number of rotatable bonds is 6. The molecule has 0 aromatic carbocycles. The van der Waals surface area contributed by atoms with Gasteiger partial charge >= 0.3 is 0 Å². The molecule has 1 aliphatic heterocycles. The molecule has 1 N–H and O–H groups in total. The van der Waals surface area contributed by atoms with E-state index in [9.17, 15) is 0 Å². The van der Waals surface area contributed by atoms with E-state index in [1.165, 1.54) is 58.3 Å². The second-order valence-corrected chi connectivity index (χ2v) is 5.95. The maximum atomic E-state index is 5.11. The van der Waals surface area contributed by atoms with Crippen LogP contribution in [-0.4, -0.2) is 50.3 Å². The van der Waals surface area contributed by atoms with Crippen LogP contribution in [0.3, 0.4) is 0 Å². The van der Waals surface area contributed by atoms with Crippen LogP contribution >= 0.6 is 0 Å². The molecule has 3 nitrogen and oxygen atoms in total. The highest BCUT2D eigenvalue weighted by molar-refractivity contribution is 5.00. The van der Waals surface area contributed by atoms with Gasteiger partial charge in [-0.15, -0.1) is 0 Å². The molecule has 0 aromatic heterocycles. The van der Waals surface area contributed by atoms with Gasteiger partial charge in [0.1, 0.15) is 0 Å². The lowest BCUT2D eigenvalue weighted by Gasteiger charge is -2.34. The highest BCUT2D eigenvalue weighted by atomic mass is 16.5. The molecule has 3 heteroatoms. The highest BCUT2D eigenvalue weighted by Gasteiger charge is 2.42. The summed E-state index contributed by atoms with van der Waals surface area (Å²) in [5.74, 6) is 0.932. The van der Waals surface area contributed by atoms with Gasteiger partial charge in [0.05, 0.1) is 0 Å². The normalized spacial score (nSPS) is 31.4. The molecule has 1 unspecified atom stereocenters. The molecule has 0 bridgehead atoms. The average molecular weight is 240 g/mol. The summed E-state index contributed by atoms with van der Waals surface area (Å²) in [6, 6.07) is 0. The van der Waals surface area contributed by atoms with Crippen molar-refractivity contribution in [3.05, 3.63) is 0 Å². The molecule has 0 amide bonds. The Morgan fingerprint density at radius 2 is 2.18 bits per heavy atom. The Balaban J connectivity index is 1.76. The summed E-state index contributed by atoms with van der Waals surface area (Å²) in [6.07, 6.45) is 6.63. The van der Waals surface area contributed by atoms with Crippen LogP contribution in [0.4, 0.5) is 0 Å². The zero-order valence-corrected chi connectivity index (χ0v) is 11.5. The Morgan fingerprint density at radius 1 is 1.35 bits per heavy atom. The molecule has 2 fully saturated rings. The molecule has 100 valence electrons. The fourth-order valence-corrected chi connectivity index (χ4v) is 3.04. The number of nitrogens with zero attached hydrogens (tertiary/aromatic N) is 1. The van der Waals surface area contributed by atoms with E-state index in [1.807, 2.05) is 0 Å². The Labute approximate surface area is 106 Å². The molecule has 0 radical (unpaired) electrons. The third-order valence-electron chi connectivity index (χ3n) is 4.28. The van der Waals surface area contributed by atoms with Crippen LogP contribution in [0.1, 0.15) is 39.0 Å². The van der Waals surface area contributed by atoms with Gasteiger partial charge in [0.2, 0.25) is 0 Å². The maximum Gasteiger partial charge on any atom is 0.0462 e. The summed E-state index contributed by atoms with van der Waals surface area (Å²) < 4.78 is 5.11. The molecule has 1 saturated heterocycles. The van der Waals surface area contributed by atoms with Crippen molar-refractivity contribution in [1.82, 2.24) is 10.2 Å². The van der Waals surface area contributed by atoms with Gasteiger partial charge in [0.15, 0.2) is 0 Å². The minimum atomic E-state index is 0.387. The third-order valence-corrected chi connectivity index (χ3v) is 4.28. The highest BCUT2D eigenvalue weighted by Crippen LogP contribution is 2.40. The van der Waals surface area contributed by atoms with Crippen LogP contribution in [-0.2, 0) is 4.74 Å². The molecule has 0 aromatic rings. The van der Waals surface area contributed by atoms with Crippen molar-refractivity contribution in [1.29, 1.82) is 0 Å². The lowest BCUT2D eigenvalue weighted by Crippen LogP contribution is -2.51. The Kier molecular flexibility index (Phi) is 4.83. The minimum Gasteiger partial charge on any atom is -0.385 e. The van der Waals surface area contributed by atoms with E-state index in [0.717, 1.165) is 12.5 Å². The summed E-state index contributed by atoms with van der Waals surface area (Å²) in [5, 5.41) is 3.79. The topological polar surface area (TPSA) is 24.5 Å². The SMILES string of the molecule is COCCCCN1CCCNC(C)(C2CC2)C1. The standard InChI is InChI=1S/C14H28N2O/c1-14(13-6-7-13)12-16(10-5-8-15-14)9-3-4-11-17-2/h13,15H,3-12H2,1-2H3. The number of hydrogen-bond acceptors (Lipinski definition) is 3. The summed E-state index contributed by atoms with van der Waals surface area (Å²) in [6.45, 7) is 8.28. The molecule has 2 aliphatic rings. The van der Waals surface area contributed by atoms with Crippen LogP contribution in [0.25, 0.3) is 0 Å². The molecule has 1 atom stereocenters. The van der Waals surface area contributed by atoms with E-state index < -0.39 is 0 Å². The average Bonchev–Trinajstić information content (AvgIpc) is 3.12. The van der Waals surface area contributed by atoms with Crippen LogP contribution < -0.4 is 5.32 Å². The zero-order valence-electron chi connectivity index (χ0n) is 11.5. The number of ether oxygens (including phenoxy) is 1. The van der Waals surface area contributed by atoms with E-state index in [2.05, 4.69) is 17.1 Å². The van der Waals surface area contributed by atoms with Crippen molar-refractivity contribution in [2.75, 3.05) is 39.9 Å². The predicted molar refractivity (Wildman–Crippen MR) is 71.3 cm³/mol. The predicted octanol–water partition coefficient (Wildman–Crippen LogP) is 1.88. The molecule has 1 saturated carbocycles. The van der Waals surface area contributed by atoms with E-state index in [4.69, 9.17) is 4.74 Å². The fraction of sp³-hybridized carbons (Fsp3) is 1.00. The smallest absolute Gasteiger partial charge is 0.0462 e. The lowest BCUT2D eigenvalue weighted by atomic mass is 9.95. The summed E-state index contributed by atoms with van der Waals surface area (Å²) in [7, 11) is 1.79. The first-order valence-electron chi connectivity index (χ1n) is 7.21. The van der Waals surface area contributed by atoms with Gasteiger partial charge in [-0.1, -0.05) is 0 Å². The summed E-state index contributed by atoms with van der Waals surface area (Å²) in [5.41, 5.74) is 0.387. The molecule has 1 aliphatic carbocycles. The van der Waals surface area contributed by atoms with Crippen LogP contribution in [0, 0.1) is 5.92 Å². The second-order valence-electron chi connectivity index (χ2n) is 5.95. The van der Waals surface area contributed by atoms with Crippen molar-refractivity contribution in [3.63, 3.8) is 0 Å². The Bertz CT molecular complexity index is 230. The largest absolute Gasteiger partial charge is 0.385 e. The maximum absolute atomic E-state index is 5.11. The first-order valence-corrected chi connectivity index (χ1v) is 7.21.